The van der Waals surface area contributed by atoms with Crippen molar-refractivity contribution < 1.29 is 14.8 Å². The number of amides is 2. The predicted molar refractivity (Wildman–Crippen MR) is 91.1 cm³/mol. The maximum Gasteiger partial charge on any atom is 0.274 e. The van der Waals surface area contributed by atoms with Crippen molar-refractivity contribution in [1.29, 1.82) is 0 Å². The summed E-state index contributed by atoms with van der Waals surface area (Å²) < 4.78 is 0. The third-order valence-electron chi connectivity index (χ3n) is 3.06. The van der Waals surface area contributed by atoms with E-state index in [2.05, 4.69) is 17.2 Å². The lowest BCUT2D eigenvalue weighted by Crippen LogP contribution is -2.20. The van der Waals surface area contributed by atoms with Crippen LogP contribution in [0.2, 0.25) is 0 Å². The predicted octanol–water partition coefficient (Wildman–Crippen LogP) is 1.99. The van der Waals surface area contributed by atoms with Crippen molar-refractivity contribution >= 4 is 17.9 Å². The van der Waals surface area contributed by atoms with E-state index in [4.69, 9.17) is 5.21 Å². The van der Waals surface area contributed by atoms with Gasteiger partial charge in [-0.15, -0.1) is 0 Å². The van der Waals surface area contributed by atoms with Crippen LogP contribution in [0.4, 0.5) is 0 Å². The monoisotopic (exact) mass is 320 g/mol. The van der Waals surface area contributed by atoms with Gasteiger partial charge in [0.15, 0.2) is 0 Å². The third-order valence-corrected chi connectivity index (χ3v) is 3.06. The Bertz CT molecular complexity index is 785. The Morgan fingerprint density at radius 3 is 2.42 bits per heavy atom. The molecule has 5 heteroatoms. The molecule has 2 rings (SSSR count). The summed E-state index contributed by atoms with van der Waals surface area (Å²) in [5.74, 6) is 4.91. The summed E-state index contributed by atoms with van der Waals surface area (Å²) in [7, 11) is 0. The molecule has 0 saturated heterocycles. The van der Waals surface area contributed by atoms with E-state index in [0.717, 1.165) is 5.56 Å². The lowest BCUT2D eigenvalue weighted by Gasteiger charge is -1.98. The molecule has 24 heavy (non-hydrogen) atoms. The van der Waals surface area contributed by atoms with Gasteiger partial charge in [-0.3, -0.25) is 14.8 Å². The minimum absolute atomic E-state index is 0.219. The van der Waals surface area contributed by atoms with Crippen molar-refractivity contribution in [3.05, 3.63) is 77.4 Å². The summed E-state index contributed by atoms with van der Waals surface area (Å²) in [6.07, 6.45) is 3.19. The molecule has 0 aromatic heterocycles. The summed E-state index contributed by atoms with van der Waals surface area (Å²) >= 11 is 0. The smallest absolute Gasteiger partial charge is 0.274 e. The van der Waals surface area contributed by atoms with E-state index in [1.54, 1.807) is 35.8 Å². The molecule has 0 atom stereocenters. The van der Waals surface area contributed by atoms with Gasteiger partial charge in [-0.1, -0.05) is 42.2 Å². The summed E-state index contributed by atoms with van der Waals surface area (Å²) in [4.78, 5) is 22.8. The molecule has 0 aliphatic rings. The van der Waals surface area contributed by atoms with Crippen LogP contribution in [-0.2, 0) is 4.79 Å². The molecule has 3 N–H and O–H groups in total. The molecule has 0 saturated carbocycles. The van der Waals surface area contributed by atoms with Crippen LogP contribution in [0.15, 0.2) is 60.7 Å². The Labute approximate surface area is 140 Å². The van der Waals surface area contributed by atoms with Crippen molar-refractivity contribution in [1.82, 2.24) is 10.8 Å². The molecule has 0 aliphatic carbocycles. The second-order valence-electron chi connectivity index (χ2n) is 4.78. The molecule has 0 radical (unpaired) electrons. The van der Waals surface area contributed by atoms with Crippen LogP contribution >= 0.6 is 0 Å². The highest BCUT2D eigenvalue weighted by Crippen LogP contribution is 2.03. The summed E-state index contributed by atoms with van der Waals surface area (Å²) in [6.45, 7) is 0.219. The Kier molecular flexibility index (Phi) is 6.33. The van der Waals surface area contributed by atoms with Crippen molar-refractivity contribution in [3.63, 3.8) is 0 Å². The van der Waals surface area contributed by atoms with Crippen LogP contribution in [0.3, 0.4) is 0 Å². The highest BCUT2D eigenvalue weighted by Gasteiger charge is 2.01. The van der Waals surface area contributed by atoms with Gasteiger partial charge >= 0.3 is 0 Å². The zero-order chi connectivity index (χ0) is 17.2. The second kappa shape index (κ2) is 8.93. The van der Waals surface area contributed by atoms with Gasteiger partial charge in [0.25, 0.3) is 5.91 Å². The summed E-state index contributed by atoms with van der Waals surface area (Å²) in [5.41, 5.74) is 3.55. The zero-order valence-corrected chi connectivity index (χ0v) is 12.8. The van der Waals surface area contributed by atoms with E-state index in [9.17, 15) is 9.59 Å². The lowest BCUT2D eigenvalue weighted by molar-refractivity contribution is -0.116. The first kappa shape index (κ1) is 17.0. The van der Waals surface area contributed by atoms with E-state index >= 15 is 0 Å². The minimum Gasteiger partial charge on any atom is -0.342 e. The number of hydroxylamine groups is 1. The van der Waals surface area contributed by atoms with E-state index in [1.165, 1.54) is 6.08 Å². The number of hydrogen-bond donors (Lipinski definition) is 3. The molecule has 2 amide bonds. The Balaban J connectivity index is 1.82. The summed E-state index contributed by atoms with van der Waals surface area (Å²) in [6, 6.07) is 16.0. The van der Waals surface area contributed by atoms with Crippen LogP contribution in [0.5, 0.6) is 0 Å². The zero-order valence-electron chi connectivity index (χ0n) is 12.8. The molecular weight excluding hydrogens is 304 g/mol. The van der Waals surface area contributed by atoms with E-state index in [-0.39, 0.29) is 12.5 Å². The molecule has 0 heterocycles. The lowest BCUT2D eigenvalue weighted by atomic mass is 10.1. The van der Waals surface area contributed by atoms with Gasteiger partial charge in [0.2, 0.25) is 5.91 Å². The second-order valence-corrected chi connectivity index (χ2v) is 4.78. The van der Waals surface area contributed by atoms with Crippen LogP contribution < -0.4 is 10.8 Å². The maximum absolute atomic E-state index is 11.6. The van der Waals surface area contributed by atoms with Gasteiger partial charge in [-0.25, -0.2) is 5.48 Å². The average Bonchev–Trinajstić information content (AvgIpc) is 2.64. The average molecular weight is 320 g/mol. The number of nitrogens with one attached hydrogen (secondary N) is 2. The number of hydrogen-bond acceptors (Lipinski definition) is 3. The SMILES string of the molecule is O=C(/C=C/c1ccccc1)NCC#Cc1ccc(C(=O)NO)cc1. The van der Waals surface area contributed by atoms with Gasteiger partial charge in [0.05, 0.1) is 6.54 Å². The summed E-state index contributed by atoms with van der Waals surface area (Å²) in [5, 5.41) is 11.2. The van der Waals surface area contributed by atoms with Gasteiger partial charge in [0, 0.05) is 17.2 Å². The molecule has 0 bridgehead atoms. The quantitative estimate of drug-likeness (QED) is 0.349. The fraction of sp³-hybridized carbons (Fsp3) is 0.0526. The largest absolute Gasteiger partial charge is 0.342 e. The van der Waals surface area contributed by atoms with Crippen molar-refractivity contribution in [2.45, 2.75) is 0 Å². The van der Waals surface area contributed by atoms with E-state index in [1.807, 2.05) is 30.3 Å². The normalized spacial score (nSPS) is 9.88. The van der Waals surface area contributed by atoms with E-state index < -0.39 is 5.91 Å². The number of carbonyl (C=O) groups is 2. The van der Waals surface area contributed by atoms with Gasteiger partial charge in [-0.2, -0.15) is 0 Å². The van der Waals surface area contributed by atoms with E-state index in [0.29, 0.717) is 11.1 Å². The first-order valence-electron chi connectivity index (χ1n) is 7.23. The minimum atomic E-state index is -0.577. The Morgan fingerprint density at radius 1 is 1.04 bits per heavy atom. The molecule has 5 nitrogen and oxygen atoms in total. The fourth-order valence-electron chi connectivity index (χ4n) is 1.84. The standard InChI is InChI=1S/C19H16N2O3/c22-18(13-10-15-5-2-1-3-6-15)20-14-4-7-16-8-11-17(12-9-16)19(23)21-24/h1-3,5-6,8-13,24H,14H2,(H,20,22)(H,21,23)/b13-10+. The first-order chi connectivity index (χ1) is 11.7. The van der Waals surface area contributed by atoms with Crippen LogP contribution in [0.1, 0.15) is 21.5 Å². The maximum atomic E-state index is 11.6. The van der Waals surface area contributed by atoms with Crippen molar-refractivity contribution in [3.8, 4) is 11.8 Å². The fourth-order valence-corrected chi connectivity index (χ4v) is 1.84. The molecule has 0 unspecified atom stereocenters. The number of benzene rings is 2. The molecule has 120 valence electrons. The first-order valence-corrected chi connectivity index (χ1v) is 7.23. The molecule has 0 fully saturated rings. The molecular formula is C19H16N2O3. The topological polar surface area (TPSA) is 78.4 Å². The third kappa shape index (κ3) is 5.44. The van der Waals surface area contributed by atoms with Crippen molar-refractivity contribution in [2.75, 3.05) is 6.54 Å². The molecule has 0 aliphatic heterocycles. The van der Waals surface area contributed by atoms with Gasteiger partial charge in [0.1, 0.15) is 0 Å². The van der Waals surface area contributed by atoms with Gasteiger partial charge < -0.3 is 5.32 Å². The highest BCUT2D eigenvalue weighted by molar-refractivity contribution is 5.93. The molecule has 2 aromatic carbocycles. The number of carbonyl (C=O) groups excluding carboxylic acids is 2. The van der Waals surface area contributed by atoms with Gasteiger partial charge in [-0.05, 0) is 35.9 Å². The number of rotatable bonds is 4. The van der Waals surface area contributed by atoms with Crippen LogP contribution in [0, 0.1) is 11.8 Å². The Morgan fingerprint density at radius 2 is 1.75 bits per heavy atom. The highest BCUT2D eigenvalue weighted by atomic mass is 16.5. The van der Waals surface area contributed by atoms with Crippen LogP contribution in [0.25, 0.3) is 6.08 Å². The molecule has 0 spiro atoms. The Hall–Kier alpha value is -3.36. The molecule has 2 aromatic rings. The van der Waals surface area contributed by atoms with Crippen LogP contribution in [-0.4, -0.2) is 23.6 Å². The van der Waals surface area contributed by atoms with Crippen molar-refractivity contribution in [2.24, 2.45) is 0 Å².